The van der Waals surface area contributed by atoms with Crippen LogP contribution in [0.2, 0.25) is 5.15 Å². The van der Waals surface area contributed by atoms with Crippen LogP contribution in [0.3, 0.4) is 0 Å². The third-order valence-electron chi connectivity index (χ3n) is 6.13. The molecule has 4 rings (SSSR count). The summed E-state index contributed by atoms with van der Waals surface area (Å²) in [6.45, 7) is 3.00. The van der Waals surface area contributed by atoms with Gasteiger partial charge in [0.05, 0.1) is 14.2 Å². The van der Waals surface area contributed by atoms with Gasteiger partial charge >= 0.3 is 0 Å². The van der Waals surface area contributed by atoms with Crippen molar-refractivity contribution in [1.29, 1.82) is 0 Å². The number of carbonyl (C=O) groups is 1. The summed E-state index contributed by atoms with van der Waals surface area (Å²) < 4.78 is 12.0. The van der Waals surface area contributed by atoms with Crippen molar-refractivity contribution in [3.05, 3.63) is 50.9 Å². The van der Waals surface area contributed by atoms with E-state index in [0.29, 0.717) is 13.1 Å². The number of hydrogen-bond acceptors (Lipinski definition) is 6. The van der Waals surface area contributed by atoms with Gasteiger partial charge in [0.15, 0.2) is 11.5 Å². The van der Waals surface area contributed by atoms with Crippen LogP contribution in [0.25, 0.3) is 0 Å². The van der Waals surface area contributed by atoms with E-state index in [2.05, 4.69) is 22.1 Å². The average molecular weight is 447 g/mol. The number of carbonyl (C=O) groups excluding carboxylic acids is 1. The molecule has 31 heavy (non-hydrogen) atoms. The normalized spacial score (nSPS) is 19.1. The molecule has 0 N–H and O–H groups in total. The molecule has 2 aromatic rings. The predicted octanol–water partition coefficient (Wildman–Crippen LogP) is 1.96. The number of halogens is 1. The van der Waals surface area contributed by atoms with Gasteiger partial charge < -0.3 is 14.4 Å². The monoisotopic (exact) mass is 446 g/mol. The Kier molecular flexibility index (Phi) is 6.48. The van der Waals surface area contributed by atoms with Gasteiger partial charge in [-0.05, 0) is 48.6 Å². The summed E-state index contributed by atoms with van der Waals surface area (Å²) in [5.41, 5.74) is 2.19. The molecule has 0 radical (unpaired) electrons. The number of ether oxygens (including phenoxy) is 2. The number of rotatable bonds is 5. The molecule has 1 saturated heterocycles. The second kappa shape index (κ2) is 9.28. The maximum atomic E-state index is 12.8. The van der Waals surface area contributed by atoms with Crippen molar-refractivity contribution >= 4 is 17.5 Å². The fourth-order valence-corrected chi connectivity index (χ4v) is 4.62. The summed E-state index contributed by atoms with van der Waals surface area (Å²) in [4.78, 5) is 29.1. The molecule has 0 spiro atoms. The number of hydrogen-bond donors (Lipinski definition) is 0. The molecule has 0 saturated carbocycles. The van der Waals surface area contributed by atoms with E-state index in [9.17, 15) is 9.59 Å². The van der Waals surface area contributed by atoms with E-state index in [1.807, 2.05) is 4.90 Å². The second-order valence-corrected chi connectivity index (χ2v) is 8.37. The Morgan fingerprint density at radius 1 is 1.16 bits per heavy atom. The molecule has 166 valence electrons. The van der Waals surface area contributed by atoms with E-state index < -0.39 is 0 Å². The van der Waals surface area contributed by atoms with Gasteiger partial charge in [-0.25, -0.2) is 4.68 Å². The Balaban J connectivity index is 1.44. The zero-order valence-corrected chi connectivity index (χ0v) is 18.6. The van der Waals surface area contributed by atoms with Crippen LogP contribution in [0, 0.1) is 0 Å². The zero-order valence-electron chi connectivity index (χ0n) is 17.8. The summed E-state index contributed by atoms with van der Waals surface area (Å²) in [6.07, 6.45) is 2.91. The Hall–Kier alpha value is -2.58. The Morgan fingerprint density at radius 2 is 1.90 bits per heavy atom. The lowest BCUT2D eigenvalue weighted by atomic mass is 9.95. The molecule has 1 amide bonds. The lowest BCUT2D eigenvalue weighted by Gasteiger charge is -2.41. The third-order valence-corrected chi connectivity index (χ3v) is 6.33. The standard InChI is InChI=1S/C22H27ClN4O4/c1-30-18-10-15-7-9-25(12-16(15)11-19(18)31-2)17-4-3-8-26(13-17)22(29)14-27-21(28)6-5-20(23)24-27/h5-6,10-11,17H,3-4,7-9,12-14H2,1-2H3. The van der Waals surface area contributed by atoms with Crippen LogP contribution in [0.4, 0.5) is 0 Å². The Morgan fingerprint density at radius 3 is 2.65 bits per heavy atom. The van der Waals surface area contributed by atoms with Gasteiger partial charge in [0, 0.05) is 38.3 Å². The summed E-state index contributed by atoms with van der Waals surface area (Å²) >= 11 is 5.87. The van der Waals surface area contributed by atoms with Gasteiger partial charge in [-0.2, -0.15) is 5.10 Å². The lowest BCUT2D eigenvalue weighted by molar-refractivity contribution is -0.134. The number of fused-ring (bicyclic) bond motifs is 1. The number of likely N-dealkylation sites (tertiary alicyclic amines) is 1. The molecule has 1 aromatic carbocycles. The van der Waals surface area contributed by atoms with Gasteiger partial charge in [-0.15, -0.1) is 0 Å². The van der Waals surface area contributed by atoms with E-state index in [-0.39, 0.29) is 29.2 Å². The number of benzene rings is 1. The van der Waals surface area contributed by atoms with Crippen molar-refractivity contribution < 1.29 is 14.3 Å². The number of amides is 1. The van der Waals surface area contributed by atoms with Crippen LogP contribution >= 0.6 is 11.6 Å². The Labute approximate surface area is 186 Å². The van der Waals surface area contributed by atoms with E-state index in [0.717, 1.165) is 48.5 Å². The highest BCUT2D eigenvalue weighted by Crippen LogP contribution is 2.34. The maximum Gasteiger partial charge on any atom is 0.267 e. The maximum absolute atomic E-state index is 12.8. The van der Waals surface area contributed by atoms with E-state index in [1.165, 1.54) is 23.3 Å². The van der Waals surface area contributed by atoms with Crippen molar-refractivity contribution in [3.8, 4) is 11.5 Å². The first kappa shape index (κ1) is 21.6. The van der Waals surface area contributed by atoms with Crippen molar-refractivity contribution in [2.45, 2.75) is 38.4 Å². The molecule has 0 bridgehead atoms. The molecule has 1 aromatic heterocycles. The third kappa shape index (κ3) is 4.70. The highest BCUT2D eigenvalue weighted by Gasteiger charge is 2.30. The molecule has 0 aliphatic carbocycles. The fourth-order valence-electron chi connectivity index (χ4n) is 4.46. The smallest absolute Gasteiger partial charge is 0.267 e. The average Bonchev–Trinajstić information content (AvgIpc) is 2.80. The molecule has 2 aliphatic heterocycles. The zero-order chi connectivity index (χ0) is 22.0. The summed E-state index contributed by atoms with van der Waals surface area (Å²) in [7, 11) is 3.30. The van der Waals surface area contributed by atoms with Crippen molar-refractivity contribution in [2.24, 2.45) is 0 Å². The molecular formula is C22H27ClN4O4. The topological polar surface area (TPSA) is 76.9 Å². The quantitative estimate of drug-likeness (QED) is 0.698. The van der Waals surface area contributed by atoms with Crippen LogP contribution in [-0.4, -0.2) is 65.4 Å². The molecule has 3 heterocycles. The van der Waals surface area contributed by atoms with Crippen molar-refractivity contribution in [3.63, 3.8) is 0 Å². The van der Waals surface area contributed by atoms with Gasteiger partial charge in [0.25, 0.3) is 5.56 Å². The van der Waals surface area contributed by atoms with E-state index in [1.54, 1.807) is 14.2 Å². The number of nitrogens with zero attached hydrogens (tertiary/aromatic N) is 4. The Bertz CT molecular complexity index is 1030. The summed E-state index contributed by atoms with van der Waals surface area (Å²) in [6, 6.07) is 7.17. The number of methoxy groups -OCH3 is 2. The van der Waals surface area contributed by atoms with Crippen LogP contribution in [-0.2, 0) is 24.3 Å². The van der Waals surface area contributed by atoms with Gasteiger partial charge in [0.2, 0.25) is 5.91 Å². The van der Waals surface area contributed by atoms with Crippen LogP contribution in [0.5, 0.6) is 11.5 Å². The van der Waals surface area contributed by atoms with Crippen molar-refractivity contribution in [1.82, 2.24) is 19.6 Å². The lowest BCUT2D eigenvalue weighted by Crippen LogP contribution is -2.51. The van der Waals surface area contributed by atoms with Gasteiger partial charge in [-0.1, -0.05) is 11.6 Å². The predicted molar refractivity (Wildman–Crippen MR) is 117 cm³/mol. The number of aromatic nitrogens is 2. The van der Waals surface area contributed by atoms with Crippen LogP contribution in [0.15, 0.2) is 29.1 Å². The first-order valence-corrected chi connectivity index (χ1v) is 10.9. The largest absolute Gasteiger partial charge is 0.493 e. The molecule has 1 fully saturated rings. The SMILES string of the molecule is COc1cc2c(cc1OC)CN(C1CCCN(C(=O)Cn3nc(Cl)ccc3=O)C1)CC2. The molecule has 2 aliphatic rings. The molecule has 8 nitrogen and oxygen atoms in total. The summed E-state index contributed by atoms with van der Waals surface area (Å²) in [5.74, 6) is 1.39. The minimum absolute atomic E-state index is 0.0913. The summed E-state index contributed by atoms with van der Waals surface area (Å²) in [5, 5.41) is 4.16. The van der Waals surface area contributed by atoms with E-state index >= 15 is 0 Å². The van der Waals surface area contributed by atoms with Gasteiger partial charge in [-0.3, -0.25) is 14.5 Å². The highest BCUT2D eigenvalue weighted by atomic mass is 35.5. The first-order chi connectivity index (χ1) is 15.0. The molecular weight excluding hydrogens is 420 g/mol. The number of piperidine rings is 1. The first-order valence-electron chi connectivity index (χ1n) is 10.5. The molecule has 1 unspecified atom stereocenters. The van der Waals surface area contributed by atoms with E-state index in [4.69, 9.17) is 21.1 Å². The molecule has 9 heteroatoms. The minimum atomic E-state index is -0.330. The van der Waals surface area contributed by atoms with Crippen LogP contribution < -0.4 is 15.0 Å². The van der Waals surface area contributed by atoms with Gasteiger partial charge in [0.1, 0.15) is 11.7 Å². The molecule has 1 atom stereocenters. The minimum Gasteiger partial charge on any atom is -0.493 e. The highest BCUT2D eigenvalue weighted by molar-refractivity contribution is 6.29. The fraction of sp³-hybridized carbons (Fsp3) is 0.500. The van der Waals surface area contributed by atoms with Crippen LogP contribution in [0.1, 0.15) is 24.0 Å². The van der Waals surface area contributed by atoms with Crippen molar-refractivity contribution in [2.75, 3.05) is 33.9 Å². The second-order valence-electron chi connectivity index (χ2n) is 7.98.